The minimum absolute atomic E-state index is 0.0693. The van der Waals surface area contributed by atoms with Gasteiger partial charge in [0.1, 0.15) is 12.4 Å². The highest BCUT2D eigenvalue weighted by molar-refractivity contribution is 5.83. The molecule has 0 aromatic heterocycles. The highest BCUT2D eigenvalue weighted by Gasteiger charge is 2.40. The molecule has 0 aliphatic carbocycles. The van der Waals surface area contributed by atoms with Gasteiger partial charge in [-0.25, -0.2) is 0 Å². The smallest absolute Gasteiger partial charge is 0.234 e. The highest BCUT2D eigenvalue weighted by atomic mass is 16.5. The van der Waals surface area contributed by atoms with Gasteiger partial charge in [-0.2, -0.15) is 0 Å². The van der Waals surface area contributed by atoms with Crippen molar-refractivity contribution in [2.24, 2.45) is 5.41 Å². The number of rotatable bonds is 6. The number of amides is 2. The lowest BCUT2D eigenvalue weighted by atomic mass is 9.73. The van der Waals surface area contributed by atoms with E-state index in [0.717, 1.165) is 76.9 Å². The molecule has 2 amide bonds. The molecule has 2 aromatic carbocycles. The number of hydrogen-bond acceptors (Lipinski definition) is 5. The van der Waals surface area contributed by atoms with Gasteiger partial charge < -0.3 is 20.3 Å². The summed E-state index contributed by atoms with van der Waals surface area (Å²) in [6, 6.07) is 17.1. The van der Waals surface area contributed by atoms with Gasteiger partial charge in [0.15, 0.2) is 0 Å². The third-order valence-electron chi connectivity index (χ3n) is 9.02. The average molecular weight is 547 g/mol. The zero-order valence-corrected chi connectivity index (χ0v) is 24.0. The molecule has 2 saturated heterocycles. The van der Waals surface area contributed by atoms with Crippen molar-refractivity contribution < 1.29 is 14.3 Å². The van der Waals surface area contributed by atoms with Gasteiger partial charge in [-0.1, -0.05) is 36.8 Å². The Kier molecular flexibility index (Phi) is 9.98. The van der Waals surface area contributed by atoms with E-state index >= 15 is 0 Å². The zero-order chi connectivity index (χ0) is 27.6. The number of fused-ring (bicyclic) bond motifs is 1. The second-order valence-electron chi connectivity index (χ2n) is 11.8. The maximum Gasteiger partial charge on any atom is 0.234 e. The first-order valence-corrected chi connectivity index (χ1v) is 15.4. The number of piperidine rings is 2. The van der Waals surface area contributed by atoms with E-state index < -0.39 is 0 Å². The molecule has 7 nitrogen and oxygen atoms in total. The van der Waals surface area contributed by atoms with Gasteiger partial charge in [0.05, 0.1) is 18.5 Å². The number of nitrogens with zero attached hydrogens (tertiary/aromatic N) is 2. The Hall–Kier alpha value is -3.06. The molecule has 40 heavy (non-hydrogen) atoms. The van der Waals surface area contributed by atoms with Crippen LogP contribution in [-0.2, 0) is 22.4 Å². The maximum absolute atomic E-state index is 13.3. The molecule has 3 aliphatic heterocycles. The number of carbonyl (C=O) groups is 2. The van der Waals surface area contributed by atoms with E-state index in [-0.39, 0.29) is 17.2 Å². The van der Waals surface area contributed by atoms with E-state index in [9.17, 15) is 9.59 Å². The normalized spacial score (nSPS) is 20.4. The van der Waals surface area contributed by atoms with Gasteiger partial charge in [-0.3, -0.25) is 14.5 Å². The molecule has 2 N–H and O–H groups in total. The summed E-state index contributed by atoms with van der Waals surface area (Å²) < 4.78 is 5.97. The number of carbonyl (C=O) groups excluding carboxylic acids is 2. The molecule has 2 aromatic rings. The quantitative estimate of drug-likeness (QED) is 0.564. The van der Waals surface area contributed by atoms with Crippen LogP contribution in [0.1, 0.15) is 62.5 Å². The number of hydrogen-bond donors (Lipinski definition) is 2. The molecular weight excluding hydrogens is 500 g/mol. The van der Waals surface area contributed by atoms with Gasteiger partial charge in [0, 0.05) is 25.3 Å². The van der Waals surface area contributed by atoms with Crippen molar-refractivity contribution in [2.45, 2.75) is 64.2 Å². The van der Waals surface area contributed by atoms with E-state index in [1.165, 1.54) is 36.1 Å². The van der Waals surface area contributed by atoms with Gasteiger partial charge in [0.2, 0.25) is 11.8 Å². The van der Waals surface area contributed by atoms with Crippen LogP contribution in [0.5, 0.6) is 5.75 Å². The van der Waals surface area contributed by atoms with Gasteiger partial charge >= 0.3 is 0 Å². The topological polar surface area (TPSA) is 73.9 Å². The number of likely N-dealkylation sites (tertiary alicyclic amines) is 1. The van der Waals surface area contributed by atoms with Gasteiger partial charge in [-0.05, 0) is 100 Å². The van der Waals surface area contributed by atoms with Crippen molar-refractivity contribution in [3.8, 4) is 5.75 Å². The number of ether oxygens (including phenoxy) is 1. The second-order valence-corrected chi connectivity index (χ2v) is 11.8. The lowest BCUT2D eigenvalue weighted by Gasteiger charge is -2.40. The third kappa shape index (κ3) is 7.57. The molecular formula is C33H46N4O3. The number of benzene rings is 2. The summed E-state index contributed by atoms with van der Waals surface area (Å²) in [6.45, 7) is 5.90. The summed E-state index contributed by atoms with van der Waals surface area (Å²) in [5.41, 5.74) is 3.47. The largest absolute Gasteiger partial charge is 0.491 e. The third-order valence-corrected chi connectivity index (χ3v) is 9.02. The van der Waals surface area contributed by atoms with Crippen LogP contribution in [-0.4, -0.2) is 69.1 Å². The molecule has 1 spiro atoms. The van der Waals surface area contributed by atoms with Crippen molar-refractivity contribution in [1.82, 2.24) is 15.5 Å². The van der Waals surface area contributed by atoms with Gasteiger partial charge in [0.25, 0.3) is 0 Å². The first-order chi connectivity index (χ1) is 19.6. The molecule has 0 radical (unpaired) electrons. The van der Waals surface area contributed by atoms with Crippen LogP contribution in [0.4, 0.5) is 5.69 Å². The first kappa shape index (κ1) is 28.5. The Labute approximate surface area is 239 Å². The average Bonchev–Trinajstić information content (AvgIpc) is 2.99. The van der Waals surface area contributed by atoms with Crippen molar-refractivity contribution in [1.29, 1.82) is 0 Å². The molecule has 7 heteroatoms. The predicted octanol–water partition coefficient (Wildman–Crippen LogP) is 4.34. The lowest BCUT2D eigenvalue weighted by molar-refractivity contribution is -0.135. The number of nitrogens with one attached hydrogen (secondary N) is 2. The van der Waals surface area contributed by atoms with Crippen molar-refractivity contribution >= 4 is 17.5 Å². The van der Waals surface area contributed by atoms with Crippen LogP contribution in [0.3, 0.4) is 0 Å². The van der Waals surface area contributed by atoms with Crippen LogP contribution in [0, 0.1) is 5.41 Å². The molecule has 0 unspecified atom stereocenters. The maximum atomic E-state index is 13.3. The summed E-state index contributed by atoms with van der Waals surface area (Å²) in [4.78, 5) is 30.7. The van der Waals surface area contributed by atoms with Crippen LogP contribution in [0.25, 0.3) is 0 Å². The molecule has 3 aliphatic rings. The van der Waals surface area contributed by atoms with Crippen LogP contribution in [0.15, 0.2) is 48.5 Å². The Bertz CT molecular complexity index is 1100. The van der Waals surface area contributed by atoms with E-state index in [0.29, 0.717) is 26.2 Å². The van der Waals surface area contributed by atoms with Crippen molar-refractivity contribution in [2.75, 3.05) is 57.3 Å². The predicted molar refractivity (Wildman–Crippen MR) is 160 cm³/mol. The minimum Gasteiger partial charge on any atom is -0.491 e. The van der Waals surface area contributed by atoms with Gasteiger partial charge in [-0.15, -0.1) is 0 Å². The summed E-state index contributed by atoms with van der Waals surface area (Å²) in [6.07, 6.45) is 10.3. The number of aryl methyl sites for hydroxylation is 1. The Balaban J connectivity index is 1.05. The van der Waals surface area contributed by atoms with E-state index in [4.69, 9.17) is 4.74 Å². The van der Waals surface area contributed by atoms with E-state index in [1.54, 1.807) is 0 Å². The SMILES string of the molecule is O=C(CN1CCC2(CCCCc3ccccc3OCCNC2=O)CC1)NCCc1ccc(N2CCCCC2)cc1. The summed E-state index contributed by atoms with van der Waals surface area (Å²) in [5.74, 6) is 1.16. The van der Waals surface area contributed by atoms with E-state index in [2.05, 4.69) is 56.8 Å². The molecule has 2 fully saturated rings. The van der Waals surface area contributed by atoms with Crippen LogP contribution in [0.2, 0.25) is 0 Å². The Morgan fingerprint density at radius 1 is 0.900 bits per heavy atom. The standard InChI is InChI=1S/C33H46N4O3/c38-31(34-19-15-27-11-13-29(14-12-27)37-21-6-1-7-22-37)26-36-23-17-33(18-24-36)16-5-4-9-28-8-2-3-10-30(28)40-25-20-35-32(33)39/h2-3,8,10-14H,1,4-7,9,15-26H2,(H,34,38)(H,35,39). The Morgan fingerprint density at radius 2 is 1.68 bits per heavy atom. The molecule has 0 saturated carbocycles. The molecule has 5 rings (SSSR count). The van der Waals surface area contributed by atoms with Crippen molar-refractivity contribution in [3.63, 3.8) is 0 Å². The highest BCUT2D eigenvalue weighted by Crippen LogP contribution is 2.37. The molecule has 0 bridgehead atoms. The van der Waals surface area contributed by atoms with E-state index in [1.807, 2.05) is 12.1 Å². The van der Waals surface area contributed by atoms with Crippen LogP contribution >= 0.6 is 0 Å². The number of para-hydroxylation sites is 1. The molecule has 0 atom stereocenters. The molecule has 3 heterocycles. The lowest BCUT2D eigenvalue weighted by Crippen LogP contribution is -2.51. The number of anilines is 1. The monoisotopic (exact) mass is 546 g/mol. The fourth-order valence-corrected chi connectivity index (χ4v) is 6.50. The summed E-state index contributed by atoms with van der Waals surface area (Å²) in [7, 11) is 0. The van der Waals surface area contributed by atoms with Crippen molar-refractivity contribution in [3.05, 3.63) is 59.7 Å². The molecule has 216 valence electrons. The zero-order valence-electron chi connectivity index (χ0n) is 24.0. The summed E-state index contributed by atoms with van der Waals surface area (Å²) in [5, 5.41) is 6.25. The fourth-order valence-electron chi connectivity index (χ4n) is 6.50. The van der Waals surface area contributed by atoms with Crippen LogP contribution < -0.4 is 20.3 Å². The first-order valence-electron chi connectivity index (χ1n) is 15.4. The Morgan fingerprint density at radius 3 is 2.48 bits per heavy atom. The minimum atomic E-state index is -0.341. The second kappa shape index (κ2) is 14.0. The fraction of sp³-hybridized carbons (Fsp3) is 0.576. The summed E-state index contributed by atoms with van der Waals surface area (Å²) >= 11 is 0.